The van der Waals surface area contributed by atoms with E-state index in [-0.39, 0.29) is 0 Å². The molecule has 0 saturated carbocycles. The second kappa shape index (κ2) is 3.85. The third kappa shape index (κ3) is 1.79. The fourth-order valence-electron chi connectivity index (χ4n) is 1.86. The smallest absolute Gasteiger partial charge is 0.140 e. The lowest BCUT2D eigenvalue weighted by Crippen LogP contribution is -2.35. The Labute approximate surface area is 94.9 Å². The van der Waals surface area contributed by atoms with Crippen molar-refractivity contribution in [1.82, 2.24) is 4.98 Å². The van der Waals surface area contributed by atoms with Gasteiger partial charge in [-0.15, -0.1) is 0 Å². The van der Waals surface area contributed by atoms with Crippen LogP contribution in [0.5, 0.6) is 0 Å². The van der Waals surface area contributed by atoms with Crippen LogP contribution in [0.1, 0.15) is 24.6 Å². The van der Waals surface area contributed by atoms with E-state index in [1.165, 1.54) is 0 Å². The number of para-hydroxylation sites is 1. The molecule has 3 heteroatoms. The second-order valence-electron chi connectivity index (χ2n) is 4.11. The third-order valence-electron chi connectivity index (χ3n) is 2.85. The van der Waals surface area contributed by atoms with Crippen LogP contribution in [0.4, 0.5) is 0 Å². The lowest BCUT2D eigenvalue weighted by molar-refractivity contribution is 0.0409. The molecule has 0 aliphatic heterocycles. The molecular weight excluding hydrogens is 200 g/mol. The molecule has 0 aliphatic rings. The van der Waals surface area contributed by atoms with Gasteiger partial charge in [-0.3, -0.25) is 10.7 Å². The Bertz CT molecular complexity index is 520. The van der Waals surface area contributed by atoms with E-state index in [1.807, 2.05) is 44.2 Å². The number of fused-ring (bicyclic) bond motifs is 1. The van der Waals surface area contributed by atoms with E-state index in [1.54, 1.807) is 0 Å². The Balaban J connectivity index is 2.77. The van der Waals surface area contributed by atoms with Crippen molar-refractivity contribution in [1.29, 1.82) is 0 Å². The van der Waals surface area contributed by atoms with Crippen LogP contribution in [0.3, 0.4) is 0 Å². The van der Waals surface area contributed by atoms with Crippen molar-refractivity contribution < 1.29 is 5.11 Å². The molecule has 2 rings (SSSR count). The quantitative estimate of drug-likeness (QED) is 0.755. The average Bonchev–Trinajstić information content (AvgIpc) is 2.28. The molecule has 0 radical (unpaired) electrons. The normalized spacial score (nSPS) is 15.0. The van der Waals surface area contributed by atoms with Crippen molar-refractivity contribution >= 4 is 10.9 Å². The monoisotopic (exact) mass is 216 g/mol. The van der Waals surface area contributed by atoms with E-state index in [9.17, 15) is 5.11 Å². The molecule has 1 atom stereocenters. The average molecular weight is 216 g/mol. The molecule has 1 unspecified atom stereocenters. The van der Waals surface area contributed by atoms with Crippen molar-refractivity contribution in [2.75, 3.05) is 0 Å². The number of benzene rings is 1. The first kappa shape index (κ1) is 11.0. The van der Waals surface area contributed by atoms with E-state index in [4.69, 9.17) is 5.73 Å². The van der Waals surface area contributed by atoms with Crippen molar-refractivity contribution in [3.05, 3.63) is 41.6 Å². The number of nitrogens with two attached hydrogens (primary N) is 1. The van der Waals surface area contributed by atoms with E-state index in [0.29, 0.717) is 6.42 Å². The molecule has 1 aromatic heterocycles. The first-order valence-corrected chi connectivity index (χ1v) is 5.42. The molecule has 0 amide bonds. The van der Waals surface area contributed by atoms with Gasteiger partial charge in [0.2, 0.25) is 0 Å². The predicted octanol–water partition coefficient (Wildman–Crippen LogP) is 2.06. The summed E-state index contributed by atoms with van der Waals surface area (Å²) in [4.78, 5) is 4.42. The molecule has 0 fully saturated rings. The minimum Gasteiger partial charge on any atom is -0.372 e. The summed E-state index contributed by atoms with van der Waals surface area (Å²) in [6.45, 7) is 3.77. The van der Waals surface area contributed by atoms with Gasteiger partial charge in [0.25, 0.3) is 0 Å². The zero-order valence-corrected chi connectivity index (χ0v) is 9.57. The maximum absolute atomic E-state index is 10.2. The van der Waals surface area contributed by atoms with Crippen molar-refractivity contribution in [3.8, 4) is 0 Å². The van der Waals surface area contributed by atoms with Crippen molar-refractivity contribution in [2.24, 2.45) is 5.73 Å². The highest BCUT2D eigenvalue weighted by Crippen LogP contribution is 2.27. The van der Waals surface area contributed by atoms with Crippen LogP contribution in [0, 0.1) is 6.92 Å². The van der Waals surface area contributed by atoms with E-state index < -0.39 is 5.72 Å². The molecule has 16 heavy (non-hydrogen) atoms. The zero-order valence-electron chi connectivity index (χ0n) is 9.57. The molecule has 0 saturated heterocycles. The number of aromatic nitrogens is 1. The van der Waals surface area contributed by atoms with Gasteiger partial charge in [0.15, 0.2) is 0 Å². The summed E-state index contributed by atoms with van der Waals surface area (Å²) in [5, 5.41) is 11.1. The lowest BCUT2D eigenvalue weighted by Gasteiger charge is -2.23. The Kier molecular flexibility index (Phi) is 2.66. The molecule has 2 aromatic rings. The third-order valence-corrected chi connectivity index (χ3v) is 2.85. The number of nitrogens with zero attached hydrogens (tertiary/aromatic N) is 1. The Morgan fingerprint density at radius 3 is 2.75 bits per heavy atom. The molecule has 3 N–H and O–H groups in total. The van der Waals surface area contributed by atoms with Crippen molar-refractivity contribution in [3.63, 3.8) is 0 Å². The molecule has 3 nitrogen and oxygen atoms in total. The number of aryl methyl sites for hydroxylation is 1. The summed E-state index contributed by atoms with van der Waals surface area (Å²) in [6, 6.07) is 9.57. The molecule has 1 heterocycles. The summed E-state index contributed by atoms with van der Waals surface area (Å²) < 4.78 is 0. The van der Waals surface area contributed by atoms with Gasteiger partial charge in [0, 0.05) is 16.6 Å². The maximum Gasteiger partial charge on any atom is 0.140 e. The summed E-state index contributed by atoms with van der Waals surface area (Å²) in [5.74, 6) is 0. The van der Waals surface area contributed by atoms with Gasteiger partial charge in [-0.1, -0.05) is 25.1 Å². The first-order valence-electron chi connectivity index (χ1n) is 5.42. The van der Waals surface area contributed by atoms with Crippen LogP contribution in [0.25, 0.3) is 10.9 Å². The molecule has 0 spiro atoms. The van der Waals surface area contributed by atoms with Crippen LogP contribution in [-0.2, 0) is 5.72 Å². The minimum absolute atomic E-state index is 0.473. The Morgan fingerprint density at radius 2 is 2.06 bits per heavy atom. The fourth-order valence-corrected chi connectivity index (χ4v) is 1.86. The SMILES string of the molecule is CCC(N)(O)c1cc(C)nc2ccccc12. The van der Waals surface area contributed by atoms with E-state index >= 15 is 0 Å². The molecule has 84 valence electrons. The second-order valence-corrected chi connectivity index (χ2v) is 4.11. The number of hydrogen-bond acceptors (Lipinski definition) is 3. The highest BCUT2D eigenvalue weighted by molar-refractivity contribution is 5.83. The highest BCUT2D eigenvalue weighted by Gasteiger charge is 2.24. The van der Waals surface area contributed by atoms with E-state index in [0.717, 1.165) is 22.2 Å². The topological polar surface area (TPSA) is 59.1 Å². The Hall–Kier alpha value is -1.45. The number of rotatable bonds is 2. The van der Waals surface area contributed by atoms with Gasteiger partial charge < -0.3 is 5.11 Å². The Morgan fingerprint density at radius 1 is 1.38 bits per heavy atom. The first-order chi connectivity index (χ1) is 7.54. The van der Waals surface area contributed by atoms with Gasteiger partial charge in [0.05, 0.1) is 5.52 Å². The predicted molar refractivity (Wildman–Crippen MR) is 64.9 cm³/mol. The van der Waals surface area contributed by atoms with Gasteiger partial charge in [-0.2, -0.15) is 0 Å². The number of pyridine rings is 1. The lowest BCUT2D eigenvalue weighted by atomic mass is 9.96. The summed E-state index contributed by atoms with van der Waals surface area (Å²) in [6.07, 6.45) is 0.473. The van der Waals surface area contributed by atoms with Gasteiger partial charge in [0.1, 0.15) is 5.72 Å². The molecule has 0 bridgehead atoms. The molecule has 0 aliphatic carbocycles. The highest BCUT2D eigenvalue weighted by atomic mass is 16.3. The van der Waals surface area contributed by atoms with Crippen LogP contribution in [-0.4, -0.2) is 10.1 Å². The van der Waals surface area contributed by atoms with Crippen LogP contribution in [0.15, 0.2) is 30.3 Å². The van der Waals surface area contributed by atoms with Gasteiger partial charge in [-0.25, -0.2) is 0 Å². The summed E-state index contributed by atoms with van der Waals surface area (Å²) in [7, 11) is 0. The maximum atomic E-state index is 10.2. The molecular formula is C13H16N2O. The zero-order chi connectivity index (χ0) is 11.8. The van der Waals surface area contributed by atoms with Crippen molar-refractivity contribution in [2.45, 2.75) is 26.0 Å². The van der Waals surface area contributed by atoms with Crippen LogP contribution >= 0.6 is 0 Å². The summed E-state index contributed by atoms with van der Waals surface area (Å²) >= 11 is 0. The standard InChI is InChI=1S/C13H16N2O/c1-3-13(14,16)11-8-9(2)15-12-7-5-4-6-10(11)12/h4-8,16H,3,14H2,1-2H3. The summed E-state index contributed by atoms with van der Waals surface area (Å²) in [5.41, 5.74) is 7.10. The molecule has 1 aromatic carbocycles. The minimum atomic E-state index is -1.28. The fraction of sp³-hybridized carbons (Fsp3) is 0.308. The number of aliphatic hydroxyl groups is 1. The largest absolute Gasteiger partial charge is 0.372 e. The van der Waals surface area contributed by atoms with Crippen LogP contribution in [0.2, 0.25) is 0 Å². The van der Waals surface area contributed by atoms with Crippen LogP contribution < -0.4 is 5.73 Å². The number of hydrogen-bond donors (Lipinski definition) is 2. The van der Waals surface area contributed by atoms with Gasteiger partial charge in [-0.05, 0) is 25.5 Å². The van der Waals surface area contributed by atoms with E-state index in [2.05, 4.69) is 4.98 Å². The van der Waals surface area contributed by atoms with Gasteiger partial charge >= 0.3 is 0 Å².